The Balaban J connectivity index is 1.65. The van der Waals surface area contributed by atoms with Crippen LogP contribution in [0.3, 0.4) is 0 Å². The number of aromatic nitrogens is 2. The van der Waals surface area contributed by atoms with Gasteiger partial charge < -0.3 is 15.0 Å². The summed E-state index contributed by atoms with van der Waals surface area (Å²) in [5, 5.41) is 6.77. The Labute approximate surface area is 172 Å². The molecule has 0 saturated carbocycles. The highest BCUT2D eigenvalue weighted by Gasteiger charge is 2.24. The van der Waals surface area contributed by atoms with Gasteiger partial charge in [-0.05, 0) is 42.3 Å². The number of carbonyl (C=O) groups is 2. The van der Waals surface area contributed by atoms with Gasteiger partial charge in [-0.2, -0.15) is 0 Å². The third-order valence-corrected chi connectivity index (χ3v) is 4.73. The molecule has 0 aliphatic heterocycles. The molecule has 2 N–H and O–H groups in total. The molecule has 0 saturated heterocycles. The van der Waals surface area contributed by atoms with Crippen LogP contribution in [-0.4, -0.2) is 27.2 Å². The summed E-state index contributed by atoms with van der Waals surface area (Å²) in [7, 11) is 0. The Hall–Kier alpha value is -2.57. The molecule has 1 aromatic carbocycles. The summed E-state index contributed by atoms with van der Waals surface area (Å²) in [4.78, 5) is 29.5. The van der Waals surface area contributed by atoms with Gasteiger partial charge in [0.1, 0.15) is 11.7 Å². The molecule has 0 aliphatic carbocycles. The summed E-state index contributed by atoms with van der Waals surface area (Å²) in [6.45, 7) is 4.00. The quantitative estimate of drug-likeness (QED) is 0.640. The Morgan fingerprint density at radius 1 is 1.04 bits per heavy atom. The zero-order chi connectivity index (χ0) is 20.3. The first-order valence-corrected chi connectivity index (χ1v) is 9.56. The van der Waals surface area contributed by atoms with Crippen LogP contribution in [0, 0.1) is 5.92 Å². The van der Waals surface area contributed by atoms with E-state index >= 15 is 0 Å². The van der Waals surface area contributed by atoms with E-state index in [9.17, 15) is 9.59 Å². The molecule has 1 atom stereocenters. The molecule has 0 bridgehead atoms. The van der Waals surface area contributed by atoms with Gasteiger partial charge in [0.2, 0.25) is 5.91 Å². The molecule has 0 fully saturated rings. The van der Waals surface area contributed by atoms with Crippen LogP contribution in [-0.2, 0) is 11.3 Å². The standard InChI is InChI=1S/C20H20Cl2N4O2/c1-12(2)18(25-19(27)13-3-5-14(21)6-4-13)20(28)23-9-16-11-26-10-15(22)7-8-17(26)24-16/h3-8,10-12,18H,9H2,1-2H3,(H,23,28)(H,25,27). The lowest BCUT2D eigenvalue weighted by Gasteiger charge is -2.21. The first-order chi connectivity index (χ1) is 13.3. The number of fused-ring (bicyclic) bond motifs is 1. The van der Waals surface area contributed by atoms with Crippen molar-refractivity contribution in [2.45, 2.75) is 26.4 Å². The van der Waals surface area contributed by atoms with Crippen LogP contribution in [0.2, 0.25) is 10.0 Å². The van der Waals surface area contributed by atoms with Crippen molar-refractivity contribution in [2.24, 2.45) is 5.92 Å². The van der Waals surface area contributed by atoms with Crippen LogP contribution >= 0.6 is 23.2 Å². The zero-order valence-corrected chi connectivity index (χ0v) is 17.0. The van der Waals surface area contributed by atoms with E-state index in [2.05, 4.69) is 15.6 Å². The first kappa shape index (κ1) is 20.2. The van der Waals surface area contributed by atoms with Crippen LogP contribution in [0.15, 0.2) is 48.8 Å². The summed E-state index contributed by atoms with van der Waals surface area (Å²) in [5.74, 6) is -0.684. The second kappa shape index (κ2) is 8.63. The fraction of sp³-hybridized carbons (Fsp3) is 0.250. The molecule has 0 radical (unpaired) electrons. The number of imidazole rings is 1. The summed E-state index contributed by atoms with van der Waals surface area (Å²) < 4.78 is 1.80. The van der Waals surface area contributed by atoms with E-state index in [0.717, 1.165) is 5.65 Å². The molecule has 146 valence electrons. The number of hydrogen-bond acceptors (Lipinski definition) is 3. The molecule has 3 aromatic rings. The van der Waals surface area contributed by atoms with Crippen molar-refractivity contribution in [3.63, 3.8) is 0 Å². The number of benzene rings is 1. The Kier molecular flexibility index (Phi) is 6.21. The van der Waals surface area contributed by atoms with E-state index in [1.807, 2.05) is 13.8 Å². The minimum Gasteiger partial charge on any atom is -0.349 e. The number of hydrogen-bond donors (Lipinski definition) is 2. The molecule has 6 nitrogen and oxygen atoms in total. The molecular weight excluding hydrogens is 399 g/mol. The number of carbonyl (C=O) groups excluding carboxylic acids is 2. The Morgan fingerprint density at radius 2 is 1.71 bits per heavy atom. The van der Waals surface area contributed by atoms with Crippen LogP contribution in [0.5, 0.6) is 0 Å². The molecule has 2 aromatic heterocycles. The van der Waals surface area contributed by atoms with E-state index in [4.69, 9.17) is 23.2 Å². The maximum atomic E-state index is 12.6. The van der Waals surface area contributed by atoms with Gasteiger partial charge in [-0.1, -0.05) is 37.0 Å². The topological polar surface area (TPSA) is 75.5 Å². The number of nitrogens with one attached hydrogen (secondary N) is 2. The van der Waals surface area contributed by atoms with Gasteiger partial charge in [0.25, 0.3) is 5.91 Å². The van der Waals surface area contributed by atoms with Gasteiger partial charge in [-0.3, -0.25) is 9.59 Å². The molecule has 2 heterocycles. The molecule has 8 heteroatoms. The average Bonchev–Trinajstić information content (AvgIpc) is 3.06. The van der Waals surface area contributed by atoms with E-state index in [1.54, 1.807) is 53.2 Å². The minimum atomic E-state index is -0.672. The van der Waals surface area contributed by atoms with E-state index in [0.29, 0.717) is 21.3 Å². The average molecular weight is 419 g/mol. The summed E-state index contributed by atoms with van der Waals surface area (Å²) in [6.07, 6.45) is 3.55. The number of pyridine rings is 1. The third kappa shape index (κ3) is 4.82. The normalized spacial score (nSPS) is 12.2. The number of amides is 2. The summed E-state index contributed by atoms with van der Waals surface area (Å²) in [5.41, 5.74) is 1.88. The number of nitrogens with zero attached hydrogens (tertiary/aromatic N) is 2. The predicted octanol–water partition coefficient (Wildman–Crippen LogP) is 3.71. The lowest BCUT2D eigenvalue weighted by atomic mass is 10.0. The zero-order valence-electron chi connectivity index (χ0n) is 15.4. The van der Waals surface area contributed by atoms with Gasteiger partial charge in [0.05, 0.1) is 17.3 Å². The second-order valence-electron chi connectivity index (χ2n) is 6.76. The van der Waals surface area contributed by atoms with Crippen LogP contribution in [0.25, 0.3) is 5.65 Å². The third-order valence-electron chi connectivity index (χ3n) is 4.25. The van der Waals surface area contributed by atoms with Crippen LogP contribution < -0.4 is 10.6 Å². The lowest BCUT2D eigenvalue weighted by molar-refractivity contribution is -0.124. The molecule has 28 heavy (non-hydrogen) atoms. The van der Waals surface area contributed by atoms with Crippen molar-refractivity contribution < 1.29 is 9.59 Å². The van der Waals surface area contributed by atoms with Gasteiger partial charge in [0.15, 0.2) is 0 Å². The first-order valence-electron chi connectivity index (χ1n) is 8.81. The molecule has 2 amide bonds. The molecule has 3 rings (SSSR count). The fourth-order valence-corrected chi connectivity index (χ4v) is 3.04. The van der Waals surface area contributed by atoms with Crippen molar-refractivity contribution >= 4 is 40.7 Å². The molecule has 1 unspecified atom stereocenters. The Morgan fingerprint density at radius 3 is 2.39 bits per heavy atom. The number of halogens is 2. The van der Waals surface area contributed by atoms with Crippen molar-refractivity contribution in [2.75, 3.05) is 0 Å². The van der Waals surface area contributed by atoms with E-state index in [1.165, 1.54) is 0 Å². The van der Waals surface area contributed by atoms with Crippen LogP contribution in [0.1, 0.15) is 29.9 Å². The largest absolute Gasteiger partial charge is 0.349 e. The summed E-state index contributed by atoms with van der Waals surface area (Å²) in [6, 6.07) is 9.40. The number of rotatable bonds is 6. The van der Waals surface area contributed by atoms with Crippen LogP contribution in [0.4, 0.5) is 0 Å². The molecular formula is C20H20Cl2N4O2. The van der Waals surface area contributed by atoms with Crippen molar-refractivity contribution in [3.8, 4) is 0 Å². The van der Waals surface area contributed by atoms with E-state index < -0.39 is 6.04 Å². The fourth-order valence-electron chi connectivity index (χ4n) is 2.75. The maximum absolute atomic E-state index is 12.6. The van der Waals surface area contributed by atoms with E-state index in [-0.39, 0.29) is 24.3 Å². The maximum Gasteiger partial charge on any atom is 0.251 e. The van der Waals surface area contributed by atoms with Gasteiger partial charge in [-0.25, -0.2) is 4.98 Å². The molecule has 0 spiro atoms. The highest BCUT2D eigenvalue weighted by molar-refractivity contribution is 6.30. The lowest BCUT2D eigenvalue weighted by Crippen LogP contribution is -2.49. The van der Waals surface area contributed by atoms with Gasteiger partial charge in [-0.15, -0.1) is 0 Å². The highest BCUT2D eigenvalue weighted by Crippen LogP contribution is 2.13. The van der Waals surface area contributed by atoms with Gasteiger partial charge >= 0.3 is 0 Å². The smallest absolute Gasteiger partial charge is 0.251 e. The highest BCUT2D eigenvalue weighted by atomic mass is 35.5. The monoisotopic (exact) mass is 418 g/mol. The minimum absolute atomic E-state index is 0.0869. The second-order valence-corrected chi connectivity index (χ2v) is 7.64. The Bertz CT molecular complexity index is 999. The predicted molar refractivity (Wildman–Crippen MR) is 110 cm³/mol. The van der Waals surface area contributed by atoms with Crippen molar-refractivity contribution in [1.82, 2.24) is 20.0 Å². The van der Waals surface area contributed by atoms with Crippen molar-refractivity contribution in [3.05, 3.63) is 70.1 Å². The molecule has 0 aliphatic rings. The SMILES string of the molecule is CC(C)C(NC(=O)c1ccc(Cl)cc1)C(=O)NCc1cn2cc(Cl)ccc2n1. The van der Waals surface area contributed by atoms with Crippen molar-refractivity contribution in [1.29, 1.82) is 0 Å². The van der Waals surface area contributed by atoms with Gasteiger partial charge in [0, 0.05) is 23.0 Å². The summed E-state index contributed by atoms with van der Waals surface area (Å²) >= 11 is 11.8.